The molecule has 0 spiro atoms. The summed E-state index contributed by atoms with van der Waals surface area (Å²) in [5, 5.41) is 23.4. The van der Waals surface area contributed by atoms with E-state index < -0.39 is 52.6 Å². The van der Waals surface area contributed by atoms with Gasteiger partial charge >= 0.3 is 121 Å². The van der Waals surface area contributed by atoms with Crippen LogP contribution in [-0.4, -0.2) is 175 Å². The zero-order chi connectivity index (χ0) is 76.0. The first-order chi connectivity index (χ1) is 48.4. The van der Waals surface area contributed by atoms with Crippen LogP contribution < -0.4 is 124 Å². The second-order valence-electron chi connectivity index (χ2n) is 27.1. The number of carbonyl (C=O) groups is 7. The summed E-state index contributed by atoms with van der Waals surface area (Å²) in [6.07, 6.45) is 19.2. The van der Waals surface area contributed by atoms with Gasteiger partial charge in [-0.05, 0) is 109 Å². The molecule has 3 aromatic carbocycles. The van der Waals surface area contributed by atoms with Gasteiger partial charge in [-0.25, -0.2) is 29.3 Å². The van der Waals surface area contributed by atoms with Gasteiger partial charge in [0.25, 0.3) is 6.47 Å². The molecular weight excluding hydrogens is 1480 g/mol. The second kappa shape index (κ2) is 46.8. The van der Waals surface area contributed by atoms with Crippen LogP contribution in [0.2, 0.25) is 39.3 Å². The van der Waals surface area contributed by atoms with Gasteiger partial charge < -0.3 is 76.5 Å². The Morgan fingerprint density at radius 3 is 1.08 bits per heavy atom. The fourth-order valence-electron chi connectivity index (χ4n) is 10.9. The SMILES string of the molecule is C#C[Si](C)(C)C.C#Cc1ccc(-c2cnc([C@@H]3CCCN3C(=O)[C@@H](NC(=O)OC)C(C)C)[nH]2)cc1.CO.COC(=O)N[C@H](C(=O)N1CCC[C@H]1c1ncc(-c2ccc(Br)cc2)[nH]1)C(C)C.COC(=O)N[C@H](C(=O)N1CCC[C@H]1c1ncc(-c2ccc(C#C[Si](C)(C)C)cc2)[nH]1)C(C)C.O=CO[O-].[H-].[K+].[K+]. The van der Waals surface area contributed by atoms with Gasteiger partial charge in [0.1, 0.15) is 51.7 Å². The average Bonchev–Trinajstić information content (AvgIpc) is 1.68. The molecule has 3 aliphatic heterocycles. The minimum atomic E-state index is -1.41. The van der Waals surface area contributed by atoms with Gasteiger partial charge in [0.05, 0.1) is 75.1 Å². The third-order valence-corrected chi connectivity index (χ3v) is 18.6. The Kier molecular flexibility index (Phi) is 42.2. The monoisotopic (exact) mass is 1580 g/mol. The summed E-state index contributed by atoms with van der Waals surface area (Å²) >= 11 is 3.44. The molecule has 30 heteroatoms. The predicted octanol–water partition coefficient (Wildman–Crippen LogP) is 5.00. The van der Waals surface area contributed by atoms with Gasteiger partial charge in [0, 0.05) is 42.3 Å². The Morgan fingerprint density at radius 1 is 0.558 bits per heavy atom. The van der Waals surface area contributed by atoms with Crippen LogP contribution >= 0.6 is 15.9 Å². The zero-order valence-electron chi connectivity index (χ0n) is 64.4. The molecule has 0 bridgehead atoms. The number of amides is 6. The first kappa shape index (κ1) is 93.8. The van der Waals surface area contributed by atoms with Crippen LogP contribution in [0.4, 0.5) is 14.4 Å². The third kappa shape index (κ3) is 29.5. The molecular formula is C74H101BrK2N12O13Si2. The van der Waals surface area contributed by atoms with E-state index in [1.165, 1.54) is 21.3 Å². The molecule has 3 aromatic heterocycles. The van der Waals surface area contributed by atoms with Gasteiger partial charge in [-0.1, -0.05) is 145 Å². The summed E-state index contributed by atoms with van der Waals surface area (Å²) < 4.78 is 15.1. The number of carbonyl (C=O) groups excluding carboxylic acids is 7. The van der Waals surface area contributed by atoms with E-state index in [0.717, 1.165) is 112 Å². The standard InChI is InChI=1S/C25H34N4O3Si.C22H26N4O3.C20H25BrN4O3.C5H10Si.CH2O3.CH4O.2K.H/c1-17(2)22(28-25(31)32-3)24(30)29-14-7-8-21(29)23-26-16-20(27-23)19-11-9-18(10-12-19)13-15-33(4,5)6;1-5-15-8-10-16(11-9-15)17-13-23-20(24-17)18-7-6-12-26(18)21(27)19(14(2)3)25-22(28)29-4;1-12(2)17(24-20(27)28-3)19(26)25-10-4-5-16(25)18-22-11-15(23-18)13-6-8-14(21)9-7-13;1-5-6(2,3)4;2-1-4-3;1-2;;;/h9-12,16-17,21-22H,7-8,14H2,1-6H3,(H,26,27)(H,28,31);1,8-11,13-14,18-19H,6-7,12H2,2-4H3,(H,23,24)(H,25,28);6-9,11-12,16-17H,4-5,10H2,1-3H3,(H,22,23)(H,24,27);1H,2-4H3;1,3H;2H,1H3;;;/q;;;;;;2*+1;-1/p-1/t21-,22-;18-,19-;16-,17-;;;;;;/m000....../s1. The van der Waals surface area contributed by atoms with Crippen molar-refractivity contribution in [2.75, 3.05) is 48.1 Å². The van der Waals surface area contributed by atoms with Crippen molar-refractivity contribution in [1.29, 1.82) is 0 Å². The molecule has 552 valence electrons. The van der Waals surface area contributed by atoms with E-state index in [0.29, 0.717) is 19.6 Å². The molecule has 3 fully saturated rings. The van der Waals surface area contributed by atoms with Crippen molar-refractivity contribution in [3.8, 4) is 69.5 Å². The van der Waals surface area contributed by atoms with Crippen LogP contribution in [0.3, 0.4) is 0 Å². The van der Waals surface area contributed by atoms with Crippen molar-refractivity contribution in [3.63, 3.8) is 0 Å². The molecule has 0 aliphatic carbocycles. The Hall–Kier alpha value is -6.23. The van der Waals surface area contributed by atoms with Crippen LogP contribution in [0, 0.1) is 53.5 Å². The molecule has 0 saturated carbocycles. The molecule has 25 nitrogen and oxygen atoms in total. The molecule has 6 heterocycles. The minimum Gasteiger partial charge on any atom is -1.00 e. The number of nitrogens with zero attached hydrogens (tertiary/aromatic N) is 6. The summed E-state index contributed by atoms with van der Waals surface area (Å²) in [6.45, 7) is 26.3. The van der Waals surface area contributed by atoms with Gasteiger partial charge in [0.15, 0.2) is 0 Å². The number of aliphatic hydroxyl groups excluding tert-OH is 1. The van der Waals surface area contributed by atoms with Crippen molar-refractivity contribution < 1.29 is 167 Å². The molecule has 104 heavy (non-hydrogen) atoms. The molecule has 0 radical (unpaired) electrons. The number of alkyl carbamates (subject to hydrolysis) is 3. The summed E-state index contributed by atoms with van der Waals surface area (Å²) in [5.41, 5.74) is 13.7. The number of aromatic nitrogens is 6. The number of rotatable bonds is 16. The molecule has 6 aromatic rings. The maximum absolute atomic E-state index is 13.3. The largest absolute Gasteiger partial charge is 1.00 e. The quantitative estimate of drug-likeness (QED) is 0.0167. The van der Waals surface area contributed by atoms with Crippen LogP contribution in [-0.2, 0) is 38.3 Å². The van der Waals surface area contributed by atoms with Gasteiger partial charge in [-0.3, -0.25) is 19.2 Å². The predicted molar refractivity (Wildman–Crippen MR) is 400 cm³/mol. The van der Waals surface area contributed by atoms with E-state index in [4.69, 9.17) is 32.7 Å². The maximum Gasteiger partial charge on any atom is 1.00 e. The van der Waals surface area contributed by atoms with Crippen LogP contribution in [0.15, 0.2) is 95.9 Å². The number of ether oxygens (including phenoxy) is 3. The number of methoxy groups -OCH3 is 3. The molecule has 7 N–H and O–H groups in total. The van der Waals surface area contributed by atoms with Crippen LogP contribution in [0.1, 0.15) is 128 Å². The number of halogens is 1. The summed E-state index contributed by atoms with van der Waals surface area (Å²) in [5.74, 6) is 7.63. The first-order valence-corrected chi connectivity index (χ1v) is 41.4. The third-order valence-electron chi connectivity index (χ3n) is 16.3. The summed E-state index contributed by atoms with van der Waals surface area (Å²) in [6, 6.07) is 21.4. The number of H-pyrrole nitrogens is 3. The Labute approximate surface area is 709 Å². The van der Waals surface area contributed by atoms with E-state index in [2.05, 4.69) is 138 Å². The summed E-state index contributed by atoms with van der Waals surface area (Å²) in [4.78, 5) is 115. The van der Waals surface area contributed by atoms with Gasteiger partial charge in [0.2, 0.25) is 17.7 Å². The number of hydrogen-bond donors (Lipinski definition) is 7. The average molecular weight is 1580 g/mol. The molecule has 3 aliphatic rings. The number of nitrogens with one attached hydrogen (secondary N) is 6. The number of imidazole rings is 3. The van der Waals surface area contributed by atoms with Crippen LogP contribution in [0.25, 0.3) is 33.8 Å². The van der Waals surface area contributed by atoms with Crippen molar-refractivity contribution in [3.05, 3.63) is 124 Å². The molecule has 6 amide bonds. The fraction of sp³-hybridized carbons (Fsp3) is 0.459. The maximum atomic E-state index is 13.3. The number of likely N-dealkylation sites (tertiary alicyclic amines) is 3. The zero-order valence-corrected chi connectivity index (χ0v) is 73.2. The normalized spacial score (nSPS) is 15.7. The number of hydrogen-bond acceptors (Lipinski definition) is 16. The molecule has 3 saturated heterocycles. The van der Waals surface area contributed by atoms with Crippen molar-refractivity contribution >= 4 is 74.6 Å². The Bertz CT molecular complexity index is 3840. The molecule has 6 atom stereocenters. The first-order valence-electron chi connectivity index (χ1n) is 33.6. The smallest absolute Gasteiger partial charge is 1.00 e. The fourth-order valence-corrected chi connectivity index (χ4v) is 11.7. The minimum absolute atomic E-state index is 0. The van der Waals surface area contributed by atoms with Gasteiger partial charge in [-0.15, -0.1) is 23.9 Å². The van der Waals surface area contributed by atoms with Crippen molar-refractivity contribution in [2.24, 2.45) is 17.8 Å². The van der Waals surface area contributed by atoms with E-state index >= 15 is 0 Å². The van der Waals surface area contributed by atoms with Crippen molar-refractivity contribution in [2.45, 2.75) is 156 Å². The number of terminal acetylenes is 2. The van der Waals surface area contributed by atoms with E-state index in [1.807, 2.05) is 130 Å². The van der Waals surface area contributed by atoms with E-state index in [1.54, 1.807) is 17.3 Å². The Morgan fingerprint density at radius 2 is 0.837 bits per heavy atom. The van der Waals surface area contributed by atoms with Gasteiger partial charge in [-0.2, -0.15) is 0 Å². The number of benzene rings is 3. The second-order valence-corrected chi connectivity index (χ2v) is 37.5. The molecule has 9 rings (SSSR count). The van der Waals surface area contributed by atoms with Crippen LogP contribution in [0.5, 0.6) is 0 Å². The Balaban J connectivity index is 0.000000721. The molecule has 0 unspecified atom stereocenters. The van der Waals surface area contributed by atoms with Crippen molar-refractivity contribution in [1.82, 2.24) is 60.6 Å². The summed E-state index contributed by atoms with van der Waals surface area (Å²) in [7, 11) is 2.36. The topological polar surface area (TPSA) is 332 Å². The number of aromatic amines is 3. The van der Waals surface area contributed by atoms with E-state index in [9.17, 15) is 28.8 Å². The van der Waals surface area contributed by atoms with E-state index in [-0.39, 0.29) is 164 Å². The number of aliphatic hydroxyl groups is 1.